The summed E-state index contributed by atoms with van der Waals surface area (Å²) in [6.07, 6.45) is 10.4. The van der Waals surface area contributed by atoms with Crippen molar-refractivity contribution in [3.05, 3.63) is 18.5 Å². The highest BCUT2D eigenvalue weighted by Crippen LogP contribution is 2.33. The Morgan fingerprint density at radius 1 is 1.17 bits per heavy atom. The van der Waals surface area contributed by atoms with Crippen LogP contribution in [0.2, 0.25) is 0 Å². The molecule has 3 rings (SSSR count). The van der Waals surface area contributed by atoms with Crippen molar-refractivity contribution in [3.63, 3.8) is 0 Å². The third-order valence-corrected chi connectivity index (χ3v) is 6.69. The SMILES string of the molecule is C=CCn1c(SCC(=O)N2CCCC[C@H]2C(=O)OCC)nnc1C1CCCCC1. The van der Waals surface area contributed by atoms with Crippen molar-refractivity contribution < 1.29 is 14.3 Å². The smallest absolute Gasteiger partial charge is 0.328 e. The van der Waals surface area contributed by atoms with Gasteiger partial charge in [-0.1, -0.05) is 37.1 Å². The van der Waals surface area contributed by atoms with E-state index in [4.69, 9.17) is 4.74 Å². The largest absolute Gasteiger partial charge is 0.464 e. The molecule has 7 nitrogen and oxygen atoms in total. The molecule has 29 heavy (non-hydrogen) atoms. The molecule has 0 N–H and O–H groups in total. The van der Waals surface area contributed by atoms with E-state index in [-0.39, 0.29) is 17.6 Å². The maximum Gasteiger partial charge on any atom is 0.328 e. The maximum absolute atomic E-state index is 12.9. The van der Waals surface area contributed by atoms with Crippen LogP contribution in [-0.4, -0.2) is 56.5 Å². The van der Waals surface area contributed by atoms with E-state index in [2.05, 4.69) is 21.3 Å². The van der Waals surface area contributed by atoms with Gasteiger partial charge in [0.25, 0.3) is 0 Å². The van der Waals surface area contributed by atoms with Crippen molar-refractivity contribution in [2.45, 2.75) is 82.0 Å². The van der Waals surface area contributed by atoms with Gasteiger partial charge in [-0.3, -0.25) is 4.79 Å². The molecule has 0 aromatic carbocycles. The van der Waals surface area contributed by atoms with Gasteiger partial charge in [-0.25, -0.2) is 4.79 Å². The van der Waals surface area contributed by atoms with Crippen molar-refractivity contribution >= 4 is 23.6 Å². The van der Waals surface area contributed by atoms with E-state index in [0.717, 1.165) is 36.7 Å². The number of thioether (sulfide) groups is 1. The van der Waals surface area contributed by atoms with E-state index in [1.54, 1.807) is 11.8 Å². The van der Waals surface area contributed by atoms with Gasteiger partial charge < -0.3 is 14.2 Å². The Labute approximate surface area is 177 Å². The van der Waals surface area contributed by atoms with Gasteiger partial charge in [0.05, 0.1) is 12.4 Å². The number of carbonyl (C=O) groups is 2. The third-order valence-electron chi connectivity index (χ3n) is 5.73. The molecule has 2 fully saturated rings. The summed E-state index contributed by atoms with van der Waals surface area (Å²) in [5, 5.41) is 9.59. The van der Waals surface area contributed by atoms with E-state index in [9.17, 15) is 9.59 Å². The van der Waals surface area contributed by atoms with E-state index in [1.807, 2.05) is 6.08 Å². The van der Waals surface area contributed by atoms with Gasteiger partial charge in [0.2, 0.25) is 5.91 Å². The van der Waals surface area contributed by atoms with E-state index >= 15 is 0 Å². The number of piperidine rings is 1. The zero-order valence-corrected chi connectivity index (χ0v) is 18.2. The van der Waals surface area contributed by atoms with Gasteiger partial charge in [-0.15, -0.1) is 16.8 Å². The van der Waals surface area contributed by atoms with Crippen LogP contribution in [0.15, 0.2) is 17.8 Å². The molecule has 0 bridgehead atoms. The van der Waals surface area contributed by atoms with Crippen LogP contribution < -0.4 is 0 Å². The van der Waals surface area contributed by atoms with Crippen LogP contribution in [0, 0.1) is 0 Å². The summed E-state index contributed by atoms with van der Waals surface area (Å²) in [5.41, 5.74) is 0. The zero-order chi connectivity index (χ0) is 20.6. The molecular weight excluding hydrogens is 388 g/mol. The molecule has 0 spiro atoms. The first-order chi connectivity index (χ1) is 14.2. The first-order valence-electron chi connectivity index (χ1n) is 10.8. The molecule has 8 heteroatoms. The van der Waals surface area contributed by atoms with Crippen LogP contribution in [0.4, 0.5) is 0 Å². The first kappa shape index (κ1) is 21.9. The number of nitrogens with zero attached hydrogens (tertiary/aromatic N) is 4. The van der Waals surface area contributed by atoms with Crippen LogP contribution in [0.5, 0.6) is 0 Å². The van der Waals surface area contributed by atoms with Crippen molar-refractivity contribution in [1.82, 2.24) is 19.7 Å². The van der Waals surface area contributed by atoms with Gasteiger partial charge in [-0.2, -0.15) is 0 Å². The molecule has 2 aliphatic rings. The van der Waals surface area contributed by atoms with E-state index in [1.165, 1.54) is 31.0 Å². The summed E-state index contributed by atoms with van der Waals surface area (Å²) in [7, 11) is 0. The normalized spacial score (nSPS) is 20.4. The number of amides is 1. The van der Waals surface area contributed by atoms with Gasteiger partial charge in [0, 0.05) is 19.0 Å². The molecule has 1 aliphatic heterocycles. The number of aromatic nitrogens is 3. The summed E-state index contributed by atoms with van der Waals surface area (Å²) >= 11 is 1.40. The monoisotopic (exact) mass is 420 g/mol. The Morgan fingerprint density at radius 2 is 1.93 bits per heavy atom. The lowest BCUT2D eigenvalue weighted by Gasteiger charge is -2.33. The molecule has 1 aliphatic carbocycles. The average Bonchev–Trinajstić information content (AvgIpc) is 3.15. The minimum absolute atomic E-state index is 0.0416. The Kier molecular flexibility index (Phi) is 8.15. The van der Waals surface area contributed by atoms with Crippen LogP contribution >= 0.6 is 11.8 Å². The highest BCUT2D eigenvalue weighted by molar-refractivity contribution is 7.99. The van der Waals surface area contributed by atoms with Crippen molar-refractivity contribution in [2.75, 3.05) is 18.9 Å². The average molecular weight is 421 g/mol. The Balaban J connectivity index is 1.66. The summed E-state index contributed by atoms with van der Waals surface area (Å²) in [6, 6.07) is -0.458. The second-order valence-corrected chi connectivity index (χ2v) is 8.66. The molecule has 1 atom stereocenters. The predicted octanol–water partition coefficient (Wildman–Crippen LogP) is 3.55. The molecule has 1 saturated carbocycles. The number of hydrogen-bond acceptors (Lipinski definition) is 6. The maximum atomic E-state index is 12.9. The molecule has 1 aromatic heterocycles. The lowest BCUT2D eigenvalue weighted by molar-refractivity contribution is -0.155. The van der Waals surface area contributed by atoms with Crippen molar-refractivity contribution in [1.29, 1.82) is 0 Å². The quantitative estimate of drug-likeness (QED) is 0.364. The summed E-state index contributed by atoms with van der Waals surface area (Å²) < 4.78 is 7.27. The fraction of sp³-hybridized carbons (Fsp3) is 0.714. The fourth-order valence-electron chi connectivity index (χ4n) is 4.29. The number of esters is 1. The number of hydrogen-bond donors (Lipinski definition) is 0. The van der Waals surface area contributed by atoms with Crippen LogP contribution in [-0.2, 0) is 20.9 Å². The minimum Gasteiger partial charge on any atom is -0.464 e. The van der Waals surface area contributed by atoms with Crippen LogP contribution in [0.1, 0.15) is 70.0 Å². The highest BCUT2D eigenvalue weighted by atomic mass is 32.2. The Bertz CT molecular complexity index is 715. The molecule has 1 saturated heterocycles. The topological polar surface area (TPSA) is 77.3 Å². The lowest BCUT2D eigenvalue weighted by atomic mass is 9.89. The van der Waals surface area contributed by atoms with Crippen LogP contribution in [0.25, 0.3) is 0 Å². The predicted molar refractivity (Wildman–Crippen MR) is 113 cm³/mol. The summed E-state index contributed by atoms with van der Waals surface area (Å²) in [4.78, 5) is 26.8. The molecule has 1 amide bonds. The second kappa shape index (κ2) is 10.8. The van der Waals surface area contributed by atoms with Crippen LogP contribution in [0.3, 0.4) is 0 Å². The lowest BCUT2D eigenvalue weighted by Crippen LogP contribution is -2.49. The fourth-order valence-corrected chi connectivity index (χ4v) is 5.13. The minimum atomic E-state index is -0.458. The number of rotatable bonds is 8. The molecule has 160 valence electrons. The van der Waals surface area contributed by atoms with Gasteiger partial charge >= 0.3 is 5.97 Å². The second-order valence-electron chi connectivity index (χ2n) is 7.71. The molecule has 0 unspecified atom stereocenters. The molecular formula is C21H32N4O3S. The summed E-state index contributed by atoms with van der Waals surface area (Å²) in [5.74, 6) is 1.37. The molecule has 2 heterocycles. The van der Waals surface area contributed by atoms with Crippen molar-refractivity contribution in [2.24, 2.45) is 0 Å². The van der Waals surface area contributed by atoms with Crippen molar-refractivity contribution in [3.8, 4) is 0 Å². The molecule has 0 radical (unpaired) electrons. The first-order valence-corrected chi connectivity index (χ1v) is 11.8. The van der Waals surface area contributed by atoms with Gasteiger partial charge in [-0.05, 0) is 39.0 Å². The molecule has 1 aromatic rings. The summed E-state index contributed by atoms with van der Waals surface area (Å²) in [6.45, 7) is 7.24. The van der Waals surface area contributed by atoms with E-state index in [0.29, 0.717) is 32.0 Å². The number of carbonyl (C=O) groups excluding carboxylic acids is 2. The Morgan fingerprint density at radius 3 is 2.66 bits per heavy atom. The zero-order valence-electron chi connectivity index (χ0n) is 17.3. The van der Waals surface area contributed by atoms with Gasteiger partial charge in [0.1, 0.15) is 11.9 Å². The number of likely N-dealkylation sites (tertiary alicyclic amines) is 1. The highest BCUT2D eigenvalue weighted by Gasteiger charge is 2.33. The third kappa shape index (κ3) is 5.41. The van der Waals surface area contributed by atoms with Gasteiger partial charge in [0.15, 0.2) is 5.16 Å². The van der Waals surface area contributed by atoms with E-state index < -0.39 is 6.04 Å². The standard InChI is InChI=1S/C21H32N4O3S/c1-3-13-25-19(16-10-6-5-7-11-16)22-23-21(25)29-15-18(26)24-14-9-8-12-17(24)20(27)28-4-2/h3,16-17H,1,4-15H2,2H3/t17-/m0/s1. The Hall–Kier alpha value is -1.83. The number of ether oxygens (including phenoxy) is 1. The number of allylic oxidation sites excluding steroid dienone is 1.